The summed E-state index contributed by atoms with van der Waals surface area (Å²) in [5.74, 6) is -0.206. The standard InChI is InChI=1S/C17H18N6O3/c1-10-4-6-13(8-14(10)23-9-18-21-22-23)20-17(25)16(24)19-12(3)15-7-5-11(2)26-15/h4-9,12H,1-3H3,(H,19,24)(H,20,25). The van der Waals surface area contributed by atoms with Crippen molar-refractivity contribution in [1.29, 1.82) is 0 Å². The van der Waals surface area contributed by atoms with Gasteiger partial charge in [-0.3, -0.25) is 9.59 Å². The third-order valence-corrected chi connectivity index (χ3v) is 3.80. The van der Waals surface area contributed by atoms with E-state index in [9.17, 15) is 9.59 Å². The van der Waals surface area contributed by atoms with Crippen molar-refractivity contribution in [1.82, 2.24) is 25.5 Å². The molecule has 1 atom stereocenters. The molecule has 0 aliphatic rings. The topological polar surface area (TPSA) is 115 Å². The summed E-state index contributed by atoms with van der Waals surface area (Å²) in [5.41, 5.74) is 2.08. The van der Waals surface area contributed by atoms with E-state index in [-0.39, 0.29) is 0 Å². The van der Waals surface area contributed by atoms with Crippen LogP contribution in [0.3, 0.4) is 0 Å². The van der Waals surface area contributed by atoms with Gasteiger partial charge in [0, 0.05) is 5.69 Å². The fourth-order valence-corrected chi connectivity index (χ4v) is 2.41. The van der Waals surface area contributed by atoms with Crippen LogP contribution in [0.25, 0.3) is 5.69 Å². The van der Waals surface area contributed by atoms with Gasteiger partial charge < -0.3 is 15.1 Å². The molecule has 2 heterocycles. The highest BCUT2D eigenvalue weighted by atomic mass is 16.3. The molecule has 1 unspecified atom stereocenters. The van der Waals surface area contributed by atoms with Gasteiger partial charge in [-0.05, 0) is 61.0 Å². The molecule has 3 rings (SSSR count). The van der Waals surface area contributed by atoms with Gasteiger partial charge in [0.05, 0.1) is 11.7 Å². The van der Waals surface area contributed by atoms with Crippen LogP contribution >= 0.6 is 0 Å². The van der Waals surface area contributed by atoms with Gasteiger partial charge in [0.2, 0.25) is 0 Å². The number of hydrogen-bond donors (Lipinski definition) is 2. The predicted molar refractivity (Wildman–Crippen MR) is 92.5 cm³/mol. The lowest BCUT2D eigenvalue weighted by molar-refractivity contribution is -0.136. The maximum absolute atomic E-state index is 12.2. The van der Waals surface area contributed by atoms with Gasteiger partial charge in [0.15, 0.2) is 0 Å². The Labute approximate surface area is 149 Å². The summed E-state index contributed by atoms with van der Waals surface area (Å²) in [6, 6.07) is 8.33. The van der Waals surface area contributed by atoms with Crippen LogP contribution in [-0.2, 0) is 9.59 Å². The molecular formula is C17H18N6O3. The summed E-state index contributed by atoms with van der Waals surface area (Å²) in [6.45, 7) is 5.44. The van der Waals surface area contributed by atoms with Gasteiger partial charge >= 0.3 is 11.8 Å². The fourth-order valence-electron chi connectivity index (χ4n) is 2.41. The highest BCUT2D eigenvalue weighted by molar-refractivity contribution is 6.39. The van der Waals surface area contributed by atoms with Crippen LogP contribution < -0.4 is 10.6 Å². The van der Waals surface area contributed by atoms with Crippen molar-refractivity contribution in [2.24, 2.45) is 0 Å². The van der Waals surface area contributed by atoms with Gasteiger partial charge in [-0.25, -0.2) is 4.68 Å². The fraction of sp³-hybridized carbons (Fsp3) is 0.235. The predicted octanol–water partition coefficient (Wildman–Crippen LogP) is 1.69. The van der Waals surface area contributed by atoms with E-state index in [1.165, 1.54) is 11.0 Å². The van der Waals surface area contributed by atoms with E-state index < -0.39 is 17.9 Å². The van der Waals surface area contributed by atoms with Crippen molar-refractivity contribution < 1.29 is 14.0 Å². The molecule has 2 aromatic heterocycles. The van der Waals surface area contributed by atoms with Crippen LogP contribution in [0, 0.1) is 13.8 Å². The van der Waals surface area contributed by atoms with Crippen molar-refractivity contribution in [2.45, 2.75) is 26.8 Å². The molecule has 0 aliphatic heterocycles. The van der Waals surface area contributed by atoms with Gasteiger partial charge in [0.1, 0.15) is 17.8 Å². The maximum Gasteiger partial charge on any atom is 0.313 e. The molecule has 0 saturated carbocycles. The molecule has 2 amide bonds. The molecule has 9 nitrogen and oxygen atoms in total. The number of carbonyl (C=O) groups excluding carboxylic acids is 2. The van der Waals surface area contributed by atoms with Gasteiger partial charge in [-0.15, -0.1) is 5.10 Å². The van der Waals surface area contributed by atoms with Gasteiger partial charge in [-0.1, -0.05) is 6.07 Å². The zero-order valence-electron chi connectivity index (χ0n) is 14.6. The number of tetrazole rings is 1. The average Bonchev–Trinajstić information content (AvgIpc) is 3.28. The zero-order valence-corrected chi connectivity index (χ0v) is 14.6. The van der Waals surface area contributed by atoms with Crippen LogP contribution in [-0.4, -0.2) is 32.0 Å². The van der Waals surface area contributed by atoms with Crippen LogP contribution in [0.5, 0.6) is 0 Å². The molecule has 3 aromatic rings. The van der Waals surface area contributed by atoms with Crippen molar-refractivity contribution in [3.63, 3.8) is 0 Å². The molecule has 0 saturated heterocycles. The molecule has 0 fully saturated rings. The summed E-state index contributed by atoms with van der Waals surface area (Å²) < 4.78 is 6.93. The van der Waals surface area contributed by atoms with E-state index in [4.69, 9.17) is 4.42 Å². The van der Waals surface area contributed by atoms with Crippen molar-refractivity contribution in [3.8, 4) is 5.69 Å². The maximum atomic E-state index is 12.2. The number of nitrogens with zero attached hydrogens (tertiary/aromatic N) is 4. The molecule has 2 N–H and O–H groups in total. The van der Waals surface area contributed by atoms with Crippen LogP contribution in [0.2, 0.25) is 0 Å². The second kappa shape index (κ2) is 7.18. The first kappa shape index (κ1) is 17.3. The molecule has 0 aliphatic carbocycles. The Morgan fingerprint density at radius 2 is 1.96 bits per heavy atom. The summed E-state index contributed by atoms with van der Waals surface area (Å²) in [7, 11) is 0. The number of nitrogens with one attached hydrogen (secondary N) is 2. The Morgan fingerprint density at radius 3 is 2.62 bits per heavy atom. The molecule has 134 valence electrons. The number of carbonyl (C=O) groups is 2. The normalized spacial score (nSPS) is 11.8. The molecule has 1 aromatic carbocycles. The number of benzene rings is 1. The molecule has 26 heavy (non-hydrogen) atoms. The molecule has 0 spiro atoms. The highest BCUT2D eigenvalue weighted by Crippen LogP contribution is 2.19. The van der Waals surface area contributed by atoms with Crippen molar-refractivity contribution >= 4 is 17.5 Å². The smallest absolute Gasteiger partial charge is 0.313 e. The number of aromatic nitrogens is 4. The molecule has 0 bridgehead atoms. The van der Waals surface area contributed by atoms with Gasteiger partial charge in [0.25, 0.3) is 0 Å². The van der Waals surface area contributed by atoms with Crippen molar-refractivity contribution in [3.05, 3.63) is 53.7 Å². The van der Waals surface area contributed by atoms with E-state index in [1.54, 1.807) is 37.3 Å². The summed E-state index contributed by atoms with van der Waals surface area (Å²) in [5, 5.41) is 16.2. The highest BCUT2D eigenvalue weighted by Gasteiger charge is 2.19. The van der Waals surface area contributed by atoms with Crippen LogP contribution in [0.4, 0.5) is 5.69 Å². The first-order valence-electron chi connectivity index (χ1n) is 7.96. The number of rotatable bonds is 4. The minimum Gasteiger partial charge on any atom is -0.464 e. The second-order valence-corrected chi connectivity index (χ2v) is 5.85. The summed E-state index contributed by atoms with van der Waals surface area (Å²) in [4.78, 5) is 24.3. The molecule has 0 radical (unpaired) electrons. The Balaban J connectivity index is 1.67. The van der Waals surface area contributed by atoms with E-state index in [2.05, 4.69) is 26.2 Å². The minimum absolute atomic E-state index is 0.420. The van der Waals surface area contributed by atoms with E-state index in [1.807, 2.05) is 13.8 Å². The van der Waals surface area contributed by atoms with E-state index in [0.717, 1.165) is 11.3 Å². The first-order chi connectivity index (χ1) is 12.4. The average molecular weight is 354 g/mol. The van der Waals surface area contributed by atoms with E-state index in [0.29, 0.717) is 17.1 Å². The monoisotopic (exact) mass is 354 g/mol. The lowest BCUT2D eigenvalue weighted by Crippen LogP contribution is -2.36. The summed E-state index contributed by atoms with van der Waals surface area (Å²) in [6.07, 6.45) is 1.45. The third-order valence-electron chi connectivity index (χ3n) is 3.80. The summed E-state index contributed by atoms with van der Waals surface area (Å²) >= 11 is 0. The number of furan rings is 1. The number of amides is 2. The number of aryl methyl sites for hydroxylation is 2. The Morgan fingerprint density at radius 1 is 1.15 bits per heavy atom. The van der Waals surface area contributed by atoms with Crippen LogP contribution in [0.1, 0.15) is 30.0 Å². The molecular weight excluding hydrogens is 336 g/mol. The SMILES string of the molecule is Cc1ccc(C(C)NC(=O)C(=O)Nc2ccc(C)c(-n3cnnn3)c2)o1. The third kappa shape index (κ3) is 3.77. The number of hydrogen-bond acceptors (Lipinski definition) is 6. The molecule has 9 heteroatoms. The van der Waals surface area contributed by atoms with Crippen molar-refractivity contribution in [2.75, 3.05) is 5.32 Å². The van der Waals surface area contributed by atoms with Gasteiger partial charge in [-0.2, -0.15) is 0 Å². The van der Waals surface area contributed by atoms with Crippen LogP contribution in [0.15, 0.2) is 41.1 Å². The quantitative estimate of drug-likeness (QED) is 0.689. The first-order valence-corrected chi connectivity index (χ1v) is 7.96. The number of anilines is 1. The second-order valence-electron chi connectivity index (χ2n) is 5.85. The minimum atomic E-state index is -0.772. The lowest BCUT2D eigenvalue weighted by atomic mass is 10.2. The largest absolute Gasteiger partial charge is 0.464 e. The Kier molecular flexibility index (Phi) is 4.78. The lowest BCUT2D eigenvalue weighted by Gasteiger charge is -2.12. The zero-order chi connectivity index (χ0) is 18.7. The Bertz CT molecular complexity index is 932. The van der Waals surface area contributed by atoms with E-state index >= 15 is 0 Å². The Hall–Kier alpha value is -3.49.